The van der Waals surface area contributed by atoms with Crippen LogP contribution in [0, 0.1) is 5.92 Å². The zero-order valence-electron chi connectivity index (χ0n) is 13.5. The average molecular weight is 383 g/mol. The van der Waals surface area contributed by atoms with Gasteiger partial charge in [0.1, 0.15) is 0 Å². The number of carbonyl (C=O) groups excluding carboxylic acids is 2. The molecular weight excluding hydrogens is 360 g/mol. The molecule has 2 rings (SSSR count). The standard InChI is InChI=1S/C17H23BrN2O3/c1-3-23-17(22)13-5-4-10-20(11-13)12(2)16(21)19-15-8-6-14(18)7-9-15/h6-9,12-13H,3-5,10-11H2,1-2H3,(H,19,21)/t12-,13-/m0/s1. The first kappa shape index (κ1) is 17.9. The molecule has 1 aromatic carbocycles. The van der Waals surface area contributed by atoms with E-state index >= 15 is 0 Å². The summed E-state index contributed by atoms with van der Waals surface area (Å²) in [4.78, 5) is 26.4. The minimum atomic E-state index is -0.282. The van der Waals surface area contributed by atoms with E-state index in [1.54, 1.807) is 0 Å². The monoisotopic (exact) mass is 382 g/mol. The highest BCUT2D eigenvalue weighted by molar-refractivity contribution is 9.10. The summed E-state index contributed by atoms with van der Waals surface area (Å²) >= 11 is 3.37. The molecule has 23 heavy (non-hydrogen) atoms. The number of halogens is 1. The number of nitrogens with zero attached hydrogens (tertiary/aromatic N) is 1. The number of nitrogens with one attached hydrogen (secondary N) is 1. The van der Waals surface area contributed by atoms with E-state index in [1.165, 1.54) is 0 Å². The molecule has 1 amide bonds. The first-order chi connectivity index (χ1) is 11.0. The summed E-state index contributed by atoms with van der Waals surface area (Å²) in [6.07, 6.45) is 1.73. The molecule has 1 N–H and O–H groups in total. The van der Waals surface area contributed by atoms with E-state index in [0.717, 1.165) is 29.5 Å². The van der Waals surface area contributed by atoms with Crippen molar-refractivity contribution in [2.45, 2.75) is 32.7 Å². The maximum Gasteiger partial charge on any atom is 0.310 e. The fourth-order valence-electron chi connectivity index (χ4n) is 2.76. The average Bonchev–Trinajstić information content (AvgIpc) is 2.56. The molecule has 126 valence electrons. The van der Waals surface area contributed by atoms with Crippen LogP contribution in [0.1, 0.15) is 26.7 Å². The van der Waals surface area contributed by atoms with Crippen molar-refractivity contribution in [1.29, 1.82) is 0 Å². The molecule has 1 aliphatic heterocycles. The Morgan fingerprint density at radius 1 is 1.39 bits per heavy atom. The van der Waals surface area contributed by atoms with Gasteiger partial charge in [0.15, 0.2) is 0 Å². The lowest BCUT2D eigenvalue weighted by atomic mass is 9.97. The summed E-state index contributed by atoms with van der Waals surface area (Å²) in [7, 11) is 0. The van der Waals surface area contributed by atoms with Gasteiger partial charge in [0.2, 0.25) is 5.91 Å². The number of hydrogen-bond donors (Lipinski definition) is 1. The Hall–Kier alpha value is -1.40. The Morgan fingerprint density at radius 2 is 2.09 bits per heavy atom. The molecule has 2 atom stereocenters. The predicted molar refractivity (Wildman–Crippen MR) is 93.2 cm³/mol. The molecule has 6 heteroatoms. The molecule has 0 radical (unpaired) electrons. The molecule has 1 fully saturated rings. The van der Waals surface area contributed by atoms with Crippen molar-refractivity contribution in [3.05, 3.63) is 28.7 Å². The SMILES string of the molecule is CCOC(=O)[C@H]1CCCN([C@@H](C)C(=O)Nc2ccc(Br)cc2)C1. The van der Waals surface area contributed by atoms with Gasteiger partial charge < -0.3 is 10.1 Å². The van der Waals surface area contributed by atoms with Crippen LogP contribution in [-0.2, 0) is 14.3 Å². The van der Waals surface area contributed by atoms with Crippen molar-refractivity contribution in [2.24, 2.45) is 5.92 Å². The third kappa shape index (κ3) is 5.04. The van der Waals surface area contributed by atoms with Crippen LogP contribution in [0.5, 0.6) is 0 Å². The number of likely N-dealkylation sites (tertiary alicyclic amines) is 1. The number of piperidine rings is 1. The Kier molecular flexibility index (Phi) is 6.59. The highest BCUT2D eigenvalue weighted by Gasteiger charge is 2.31. The van der Waals surface area contributed by atoms with Crippen molar-refractivity contribution in [3.8, 4) is 0 Å². The van der Waals surface area contributed by atoms with E-state index in [-0.39, 0.29) is 23.8 Å². The Labute approximate surface area is 145 Å². The van der Waals surface area contributed by atoms with E-state index in [1.807, 2.05) is 38.1 Å². The summed E-state index contributed by atoms with van der Waals surface area (Å²) in [5.74, 6) is -0.346. The van der Waals surface area contributed by atoms with Crippen LogP contribution in [-0.4, -0.2) is 42.5 Å². The van der Waals surface area contributed by atoms with Gasteiger partial charge in [-0.3, -0.25) is 14.5 Å². The fraction of sp³-hybridized carbons (Fsp3) is 0.529. The lowest BCUT2D eigenvalue weighted by Gasteiger charge is -2.35. The number of rotatable bonds is 5. The Balaban J connectivity index is 1.93. The summed E-state index contributed by atoms with van der Waals surface area (Å²) in [5, 5.41) is 2.92. The number of esters is 1. The van der Waals surface area contributed by atoms with E-state index in [2.05, 4.69) is 26.1 Å². The number of benzene rings is 1. The molecular formula is C17H23BrN2O3. The lowest BCUT2D eigenvalue weighted by molar-refractivity contribution is -0.150. The van der Waals surface area contributed by atoms with Crippen LogP contribution >= 0.6 is 15.9 Å². The van der Waals surface area contributed by atoms with Gasteiger partial charge >= 0.3 is 5.97 Å². The van der Waals surface area contributed by atoms with Gasteiger partial charge in [-0.15, -0.1) is 0 Å². The van der Waals surface area contributed by atoms with E-state index in [4.69, 9.17) is 4.74 Å². The fourth-order valence-corrected chi connectivity index (χ4v) is 3.02. The van der Waals surface area contributed by atoms with Crippen LogP contribution in [0.4, 0.5) is 5.69 Å². The highest BCUT2D eigenvalue weighted by atomic mass is 79.9. The number of ether oxygens (including phenoxy) is 1. The largest absolute Gasteiger partial charge is 0.466 e. The summed E-state index contributed by atoms with van der Waals surface area (Å²) < 4.78 is 6.08. The van der Waals surface area contributed by atoms with Crippen LogP contribution in [0.15, 0.2) is 28.7 Å². The summed E-state index contributed by atoms with van der Waals surface area (Å²) in [6.45, 7) is 5.49. The molecule has 0 unspecified atom stereocenters. The number of anilines is 1. The van der Waals surface area contributed by atoms with E-state index in [0.29, 0.717) is 13.2 Å². The first-order valence-electron chi connectivity index (χ1n) is 7.98. The summed E-state index contributed by atoms with van der Waals surface area (Å²) in [5.41, 5.74) is 0.768. The molecule has 5 nitrogen and oxygen atoms in total. The van der Waals surface area contributed by atoms with Gasteiger partial charge in [0, 0.05) is 16.7 Å². The number of amides is 1. The third-order valence-corrected chi connectivity index (χ3v) is 4.64. The quantitative estimate of drug-likeness (QED) is 0.795. The van der Waals surface area contributed by atoms with Gasteiger partial charge in [0.25, 0.3) is 0 Å². The number of hydrogen-bond acceptors (Lipinski definition) is 4. The Morgan fingerprint density at radius 3 is 2.74 bits per heavy atom. The molecule has 1 aliphatic rings. The Bertz CT molecular complexity index is 547. The first-order valence-corrected chi connectivity index (χ1v) is 8.77. The van der Waals surface area contributed by atoms with E-state index in [9.17, 15) is 9.59 Å². The van der Waals surface area contributed by atoms with Gasteiger partial charge in [-0.1, -0.05) is 15.9 Å². The molecule has 1 heterocycles. The molecule has 0 aliphatic carbocycles. The normalized spacial score (nSPS) is 19.9. The third-order valence-electron chi connectivity index (χ3n) is 4.11. The molecule has 1 aromatic rings. The van der Waals surface area contributed by atoms with Crippen molar-refractivity contribution in [2.75, 3.05) is 25.0 Å². The minimum Gasteiger partial charge on any atom is -0.466 e. The number of carbonyl (C=O) groups is 2. The minimum absolute atomic E-state index is 0.0585. The van der Waals surface area contributed by atoms with Crippen LogP contribution in [0.25, 0.3) is 0 Å². The molecule has 0 bridgehead atoms. The van der Waals surface area contributed by atoms with Gasteiger partial charge in [-0.25, -0.2) is 0 Å². The van der Waals surface area contributed by atoms with Crippen LogP contribution < -0.4 is 5.32 Å². The van der Waals surface area contributed by atoms with Gasteiger partial charge in [-0.2, -0.15) is 0 Å². The molecule has 0 aromatic heterocycles. The maximum absolute atomic E-state index is 12.4. The van der Waals surface area contributed by atoms with Crippen molar-refractivity contribution < 1.29 is 14.3 Å². The summed E-state index contributed by atoms with van der Waals surface area (Å²) in [6, 6.07) is 7.20. The predicted octanol–water partition coefficient (Wildman–Crippen LogP) is 3.05. The van der Waals surface area contributed by atoms with Crippen LogP contribution in [0.2, 0.25) is 0 Å². The molecule has 0 spiro atoms. The smallest absolute Gasteiger partial charge is 0.310 e. The maximum atomic E-state index is 12.4. The lowest BCUT2D eigenvalue weighted by Crippen LogP contribution is -2.48. The second-order valence-electron chi connectivity index (χ2n) is 5.76. The second kappa shape index (κ2) is 8.45. The second-order valence-corrected chi connectivity index (χ2v) is 6.67. The van der Waals surface area contributed by atoms with Crippen LogP contribution in [0.3, 0.4) is 0 Å². The zero-order chi connectivity index (χ0) is 16.8. The highest BCUT2D eigenvalue weighted by Crippen LogP contribution is 2.21. The van der Waals surface area contributed by atoms with Crippen molar-refractivity contribution in [1.82, 2.24) is 4.90 Å². The van der Waals surface area contributed by atoms with E-state index < -0.39 is 0 Å². The van der Waals surface area contributed by atoms with Crippen molar-refractivity contribution >= 4 is 33.5 Å². The topological polar surface area (TPSA) is 58.6 Å². The molecule has 1 saturated heterocycles. The van der Waals surface area contributed by atoms with Crippen molar-refractivity contribution in [3.63, 3.8) is 0 Å². The van der Waals surface area contributed by atoms with Gasteiger partial charge in [-0.05, 0) is 57.5 Å². The van der Waals surface area contributed by atoms with Gasteiger partial charge in [0.05, 0.1) is 18.6 Å². The molecule has 0 saturated carbocycles. The zero-order valence-corrected chi connectivity index (χ0v) is 15.1.